The third kappa shape index (κ3) is 47.2. The van der Waals surface area contributed by atoms with Crippen molar-refractivity contribution in [3.63, 3.8) is 0 Å². The molecule has 0 aliphatic carbocycles. The largest absolute Gasteiger partial charge is 0.462 e. The van der Waals surface area contributed by atoms with Crippen molar-refractivity contribution in [2.24, 2.45) is 0 Å². The van der Waals surface area contributed by atoms with Gasteiger partial charge in [0.2, 0.25) is 0 Å². The number of carbonyl (C=O) groups is 3. The summed E-state index contributed by atoms with van der Waals surface area (Å²) in [7, 11) is 0. The van der Waals surface area contributed by atoms with E-state index in [0.717, 1.165) is 64.2 Å². The fourth-order valence-electron chi connectivity index (χ4n) is 7.97. The molecule has 0 rings (SSSR count). The van der Waals surface area contributed by atoms with Crippen LogP contribution in [-0.4, -0.2) is 37.2 Å². The van der Waals surface area contributed by atoms with E-state index < -0.39 is 6.10 Å². The zero-order chi connectivity index (χ0) is 43.7. The van der Waals surface area contributed by atoms with Gasteiger partial charge in [0.15, 0.2) is 6.10 Å². The Balaban J connectivity index is 4.15. The van der Waals surface area contributed by atoms with Crippen molar-refractivity contribution < 1.29 is 28.6 Å². The van der Waals surface area contributed by atoms with E-state index in [1.165, 1.54) is 193 Å². The molecular weight excluding hydrogens is 745 g/mol. The van der Waals surface area contributed by atoms with Crippen LogP contribution >= 0.6 is 0 Å². The molecule has 60 heavy (non-hydrogen) atoms. The van der Waals surface area contributed by atoms with E-state index in [1.807, 2.05) is 0 Å². The van der Waals surface area contributed by atoms with Crippen LogP contribution in [0.1, 0.15) is 297 Å². The van der Waals surface area contributed by atoms with E-state index in [2.05, 4.69) is 32.9 Å². The lowest BCUT2D eigenvalue weighted by Gasteiger charge is -2.18. The summed E-state index contributed by atoms with van der Waals surface area (Å²) < 4.78 is 16.7. The second-order valence-corrected chi connectivity index (χ2v) is 18.2. The van der Waals surface area contributed by atoms with Gasteiger partial charge in [0, 0.05) is 19.3 Å². The average molecular weight is 847 g/mol. The lowest BCUT2D eigenvalue weighted by Crippen LogP contribution is -2.30. The number of ether oxygens (including phenoxy) is 3. The SMILES string of the molecule is CCCCCCC/C=C\CCCCCCCC(=O)OC(COC(=O)CCCCCCCCC)COC(=O)CCCCCCCCCCCCCCCCCCCCCCC. The monoisotopic (exact) mass is 847 g/mol. The number of hydrogen-bond acceptors (Lipinski definition) is 6. The topological polar surface area (TPSA) is 78.9 Å². The Morgan fingerprint density at radius 1 is 0.317 bits per heavy atom. The Labute approximate surface area is 373 Å². The average Bonchev–Trinajstić information content (AvgIpc) is 3.24. The maximum atomic E-state index is 12.7. The Morgan fingerprint density at radius 2 is 0.550 bits per heavy atom. The van der Waals surface area contributed by atoms with Gasteiger partial charge in [-0.2, -0.15) is 0 Å². The van der Waals surface area contributed by atoms with Crippen molar-refractivity contribution in [1.29, 1.82) is 0 Å². The van der Waals surface area contributed by atoms with Crippen LogP contribution in [0.15, 0.2) is 12.2 Å². The predicted octanol–water partition coefficient (Wildman–Crippen LogP) is 17.4. The molecule has 6 nitrogen and oxygen atoms in total. The highest BCUT2D eigenvalue weighted by molar-refractivity contribution is 5.71. The minimum Gasteiger partial charge on any atom is -0.462 e. The normalized spacial score (nSPS) is 12.0. The zero-order valence-corrected chi connectivity index (χ0v) is 40.5. The molecule has 1 atom stereocenters. The molecule has 0 bridgehead atoms. The molecule has 0 aromatic carbocycles. The fourth-order valence-corrected chi connectivity index (χ4v) is 7.97. The van der Waals surface area contributed by atoms with Gasteiger partial charge in [-0.25, -0.2) is 0 Å². The summed E-state index contributed by atoms with van der Waals surface area (Å²) in [5.41, 5.74) is 0. The van der Waals surface area contributed by atoms with Gasteiger partial charge in [0.25, 0.3) is 0 Å². The van der Waals surface area contributed by atoms with Crippen LogP contribution < -0.4 is 0 Å². The third-order valence-electron chi connectivity index (χ3n) is 12.0. The summed E-state index contributed by atoms with van der Waals surface area (Å²) in [6.45, 7) is 6.62. The first-order valence-corrected chi connectivity index (χ1v) is 26.7. The van der Waals surface area contributed by atoms with E-state index in [0.29, 0.717) is 19.3 Å². The molecule has 0 amide bonds. The van der Waals surface area contributed by atoms with Gasteiger partial charge in [-0.1, -0.05) is 245 Å². The maximum absolute atomic E-state index is 12.7. The van der Waals surface area contributed by atoms with Gasteiger partial charge in [-0.3, -0.25) is 14.4 Å². The molecule has 1 unspecified atom stereocenters. The first-order chi connectivity index (χ1) is 29.5. The quantitative estimate of drug-likeness (QED) is 0.0263. The summed E-state index contributed by atoms with van der Waals surface area (Å²) in [4.78, 5) is 37.8. The second-order valence-electron chi connectivity index (χ2n) is 18.2. The molecule has 0 saturated heterocycles. The molecule has 0 heterocycles. The van der Waals surface area contributed by atoms with Crippen molar-refractivity contribution in [2.75, 3.05) is 13.2 Å². The molecule has 354 valence electrons. The van der Waals surface area contributed by atoms with E-state index in [-0.39, 0.29) is 31.1 Å². The molecule has 0 N–H and O–H groups in total. The van der Waals surface area contributed by atoms with Gasteiger partial charge in [-0.15, -0.1) is 0 Å². The molecule has 0 aromatic rings. The molecule has 0 fully saturated rings. The van der Waals surface area contributed by atoms with Gasteiger partial charge >= 0.3 is 17.9 Å². The number of allylic oxidation sites excluding steroid dienone is 2. The molecule has 6 heteroatoms. The maximum Gasteiger partial charge on any atom is 0.306 e. The van der Waals surface area contributed by atoms with Gasteiger partial charge in [-0.05, 0) is 44.9 Å². The van der Waals surface area contributed by atoms with E-state index in [4.69, 9.17) is 14.2 Å². The Kier molecular flexibility index (Phi) is 48.3. The molecule has 0 radical (unpaired) electrons. The summed E-state index contributed by atoms with van der Waals surface area (Å²) in [5, 5.41) is 0. The smallest absolute Gasteiger partial charge is 0.306 e. The highest BCUT2D eigenvalue weighted by Crippen LogP contribution is 2.17. The Morgan fingerprint density at radius 3 is 0.833 bits per heavy atom. The summed E-state index contributed by atoms with van der Waals surface area (Å²) in [6.07, 6.45) is 55.1. The minimum absolute atomic E-state index is 0.0687. The minimum atomic E-state index is -0.766. The van der Waals surface area contributed by atoms with Gasteiger partial charge in [0.1, 0.15) is 13.2 Å². The molecule has 0 spiro atoms. The highest BCUT2D eigenvalue weighted by atomic mass is 16.6. The summed E-state index contributed by atoms with van der Waals surface area (Å²) in [6, 6.07) is 0. The molecule has 0 aliphatic rings. The Hall–Kier alpha value is -1.85. The van der Waals surface area contributed by atoms with Crippen molar-refractivity contribution in [3.8, 4) is 0 Å². The number of hydrogen-bond donors (Lipinski definition) is 0. The van der Waals surface area contributed by atoms with Crippen LogP contribution in [0.5, 0.6) is 0 Å². The molecule has 0 aliphatic heterocycles. The third-order valence-corrected chi connectivity index (χ3v) is 12.0. The van der Waals surface area contributed by atoms with Crippen LogP contribution in [0, 0.1) is 0 Å². The number of carbonyl (C=O) groups excluding carboxylic acids is 3. The fraction of sp³-hybridized carbons (Fsp3) is 0.907. The van der Waals surface area contributed by atoms with Crippen LogP contribution in [0.3, 0.4) is 0 Å². The predicted molar refractivity (Wildman–Crippen MR) is 256 cm³/mol. The first kappa shape index (κ1) is 58.1. The van der Waals surface area contributed by atoms with Crippen molar-refractivity contribution in [1.82, 2.24) is 0 Å². The van der Waals surface area contributed by atoms with E-state index in [1.54, 1.807) is 0 Å². The highest BCUT2D eigenvalue weighted by Gasteiger charge is 2.19. The van der Waals surface area contributed by atoms with Crippen molar-refractivity contribution >= 4 is 17.9 Å². The lowest BCUT2D eigenvalue weighted by molar-refractivity contribution is -0.167. The molecular formula is C54H102O6. The van der Waals surface area contributed by atoms with Crippen LogP contribution in [0.2, 0.25) is 0 Å². The zero-order valence-electron chi connectivity index (χ0n) is 40.5. The van der Waals surface area contributed by atoms with Crippen LogP contribution in [0.4, 0.5) is 0 Å². The first-order valence-electron chi connectivity index (χ1n) is 26.7. The van der Waals surface area contributed by atoms with Gasteiger partial charge in [0.05, 0.1) is 0 Å². The number of rotatable bonds is 49. The summed E-state index contributed by atoms with van der Waals surface area (Å²) in [5.74, 6) is -0.868. The van der Waals surface area contributed by atoms with Crippen LogP contribution in [-0.2, 0) is 28.6 Å². The number of unbranched alkanes of at least 4 members (excludes halogenated alkanes) is 36. The number of esters is 3. The lowest BCUT2D eigenvalue weighted by atomic mass is 10.0. The van der Waals surface area contributed by atoms with Gasteiger partial charge < -0.3 is 14.2 Å². The standard InChI is InChI=1S/C54H102O6/c1-4-7-10-13-16-18-20-22-24-25-26-27-28-29-30-32-33-35-38-41-44-47-53(56)59-50-51(49-58-52(55)46-43-40-37-15-12-9-6-3)60-54(57)48-45-42-39-36-34-31-23-21-19-17-14-11-8-5-2/h21,23,51H,4-20,22,24-50H2,1-3H3/b23-21-. The summed E-state index contributed by atoms with van der Waals surface area (Å²) >= 11 is 0. The van der Waals surface area contributed by atoms with E-state index >= 15 is 0 Å². The molecule has 0 saturated carbocycles. The van der Waals surface area contributed by atoms with E-state index in [9.17, 15) is 14.4 Å². The van der Waals surface area contributed by atoms with Crippen LogP contribution in [0.25, 0.3) is 0 Å². The second kappa shape index (κ2) is 49.8. The molecule has 0 aromatic heterocycles. The van der Waals surface area contributed by atoms with Crippen molar-refractivity contribution in [3.05, 3.63) is 12.2 Å². The Bertz CT molecular complexity index is 931. The van der Waals surface area contributed by atoms with Crippen molar-refractivity contribution in [2.45, 2.75) is 303 Å².